The van der Waals surface area contributed by atoms with E-state index in [-0.39, 0.29) is 23.4 Å². The molecule has 0 radical (unpaired) electrons. The standard InChI is InChI=1S/C17H25N3O/c1-17(2)11-20(8-7-15(17)18)16(21)14-9-12-5-3-4-6-13(12)10-19-14/h3-6,14-15,19H,7-11,18H2,1-2H3. The van der Waals surface area contributed by atoms with E-state index in [0.29, 0.717) is 0 Å². The lowest BCUT2D eigenvalue weighted by atomic mass is 9.79. The van der Waals surface area contributed by atoms with Gasteiger partial charge in [-0.05, 0) is 29.4 Å². The van der Waals surface area contributed by atoms with Crippen molar-refractivity contribution in [3.05, 3.63) is 35.4 Å². The van der Waals surface area contributed by atoms with E-state index >= 15 is 0 Å². The summed E-state index contributed by atoms with van der Waals surface area (Å²) in [5.74, 6) is 0.226. The number of hydrogen-bond donors (Lipinski definition) is 2. The second kappa shape index (κ2) is 5.43. The number of nitrogens with two attached hydrogens (primary N) is 1. The van der Waals surface area contributed by atoms with Gasteiger partial charge in [0.2, 0.25) is 5.91 Å². The van der Waals surface area contributed by atoms with Gasteiger partial charge in [-0.15, -0.1) is 0 Å². The quantitative estimate of drug-likeness (QED) is 0.818. The predicted octanol–water partition coefficient (Wildman–Crippen LogP) is 1.29. The van der Waals surface area contributed by atoms with Crippen LogP contribution in [0.3, 0.4) is 0 Å². The molecule has 2 unspecified atom stereocenters. The fraction of sp³-hybridized carbons (Fsp3) is 0.588. The highest BCUT2D eigenvalue weighted by Crippen LogP contribution is 2.28. The zero-order valence-electron chi connectivity index (χ0n) is 12.9. The number of nitrogens with zero attached hydrogens (tertiary/aromatic N) is 1. The van der Waals surface area contributed by atoms with Crippen molar-refractivity contribution in [3.8, 4) is 0 Å². The SMILES string of the molecule is CC1(C)CN(C(=O)C2Cc3ccccc3CN2)CCC1N. The summed E-state index contributed by atoms with van der Waals surface area (Å²) in [6.45, 7) is 6.63. The Morgan fingerprint density at radius 1 is 1.33 bits per heavy atom. The van der Waals surface area contributed by atoms with Crippen LogP contribution in [0.25, 0.3) is 0 Å². The van der Waals surface area contributed by atoms with Gasteiger partial charge in [0, 0.05) is 25.7 Å². The van der Waals surface area contributed by atoms with Crippen LogP contribution >= 0.6 is 0 Å². The molecule has 2 aliphatic rings. The fourth-order valence-corrected chi connectivity index (χ4v) is 3.41. The molecular formula is C17H25N3O. The first kappa shape index (κ1) is 14.5. The number of rotatable bonds is 1. The molecule has 0 spiro atoms. The molecule has 114 valence electrons. The molecule has 0 aromatic heterocycles. The zero-order chi connectivity index (χ0) is 15.0. The van der Waals surface area contributed by atoms with Crippen LogP contribution in [0.15, 0.2) is 24.3 Å². The van der Waals surface area contributed by atoms with Gasteiger partial charge in [0.25, 0.3) is 0 Å². The van der Waals surface area contributed by atoms with E-state index in [1.165, 1.54) is 11.1 Å². The molecule has 4 heteroatoms. The molecule has 1 saturated heterocycles. The van der Waals surface area contributed by atoms with Crippen molar-refractivity contribution in [2.24, 2.45) is 11.1 Å². The number of benzene rings is 1. The number of piperidine rings is 1. The minimum Gasteiger partial charge on any atom is -0.341 e. The number of hydrogen-bond acceptors (Lipinski definition) is 3. The van der Waals surface area contributed by atoms with Gasteiger partial charge in [0.1, 0.15) is 0 Å². The first-order chi connectivity index (χ1) is 9.97. The number of amides is 1. The summed E-state index contributed by atoms with van der Waals surface area (Å²) in [6.07, 6.45) is 1.68. The van der Waals surface area contributed by atoms with Gasteiger partial charge < -0.3 is 16.0 Å². The molecule has 2 heterocycles. The second-order valence-electron chi connectivity index (χ2n) is 7.05. The number of carbonyl (C=O) groups is 1. The van der Waals surface area contributed by atoms with E-state index in [1.54, 1.807) is 0 Å². The molecule has 0 aliphatic carbocycles. The largest absolute Gasteiger partial charge is 0.341 e. The van der Waals surface area contributed by atoms with Gasteiger partial charge >= 0.3 is 0 Å². The van der Waals surface area contributed by atoms with E-state index in [1.807, 2.05) is 4.90 Å². The Hall–Kier alpha value is -1.39. The maximum absolute atomic E-state index is 12.8. The van der Waals surface area contributed by atoms with Gasteiger partial charge in [-0.3, -0.25) is 4.79 Å². The van der Waals surface area contributed by atoms with E-state index in [9.17, 15) is 4.79 Å². The van der Waals surface area contributed by atoms with E-state index in [4.69, 9.17) is 5.73 Å². The molecule has 0 saturated carbocycles. The number of carbonyl (C=O) groups excluding carboxylic acids is 1. The van der Waals surface area contributed by atoms with Gasteiger partial charge in [0.15, 0.2) is 0 Å². The predicted molar refractivity (Wildman–Crippen MR) is 83.7 cm³/mol. The van der Waals surface area contributed by atoms with Crippen molar-refractivity contribution in [2.45, 2.75) is 45.3 Å². The molecule has 4 nitrogen and oxygen atoms in total. The van der Waals surface area contributed by atoms with Crippen LogP contribution in [0, 0.1) is 5.41 Å². The summed E-state index contributed by atoms with van der Waals surface area (Å²) < 4.78 is 0. The topological polar surface area (TPSA) is 58.4 Å². The van der Waals surface area contributed by atoms with Crippen molar-refractivity contribution < 1.29 is 4.79 Å². The van der Waals surface area contributed by atoms with E-state index < -0.39 is 0 Å². The van der Waals surface area contributed by atoms with Crippen LogP contribution in [0.2, 0.25) is 0 Å². The lowest BCUT2D eigenvalue weighted by molar-refractivity contribution is -0.137. The maximum atomic E-state index is 12.8. The highest BCUT2D eigenvalue weighted by atomic mass is 16.2. The van der Waals surface area contributed by atoms with Crippen molar-refractivity contribution in [2.75, 3.05) is 13.1 Å². The molecule has 1 fully saturated rings. The highest BCUT2D eigenvalue weighted by Gasteiger charge is 2.37. The minimum absolute atomic E-state index is 0.000480. The summed E-state index contributed by atoms with van der Waals surface area (Å²) in [7, 11) is 0. The Morgan fingerprint density at radius 2 is 2.05 bits per heavy atom. The van der Waals surface area contributed by atoms with Crippen LogP contribution < -0.4 is 11.1 Å². The van der Waals surface area contributed by atoms with Crippen molar-refractivity contribution in [1.29, 1.82) is 0 Å². The summed E-state index contributed by atoms with van der Waals surface area (Å²) >= 11 is 0. The second-order valence-corrected chi connectivity index (χ2v) is 7.05. The lowest BCUT2D eigenvalue weighted by Gasteiger charge is -2.44. The molecule has 3 rings (SSSR count). The Balaban J connectivity index is 1.70. The van der Waals surface area contributed by atoms with Crippen LogP contribution in [0.5, 0.6) is 0 Å². The van der Waals surface area contributed by atoms with Gasteiger partial charge in [-0.25, -0.2) is 0 Å². The smallest absolute Gasteiger partial charge is 0.240 e. The summed E-state index contributed by atoms with van der Waals surface area (Å²) in [5.41, 5.74) is 8.77. The van der Waals surface area contributed by atoms with Crippen LogP contribution in [0.4, 0.5) is 0 Å². The molecule has 2 aliphatic heterocycles. The van der Waals surface area contributed by atoms with Crippen LogP contribution in [-0.2, 0) is 17.8 Å². The molecule has 1 aromatic carbocycles. The van der Waals surface area contributed by atoms with Gasteiger partial charge in [0.05, 0.1) is 6.04 Å². The summed E-state index contributed by atoms with van der Waals surface area (Å²) in [4.78, 5) is 14.8. The first-order valence-electron chi connectivity index (χ1n) is 7.82. The molecule has 2 atom stereocenters. The average Bonchev–Trinajstić information content (AvgIpc) is 2.48. The number of fused-ring (bicyclic) bond motifs is 1. The molecule has 21 heavy (non-hydrogen) atoms. The van der Waals surface area contributed by atoms with Crippen molar-refractivity contribution in [3.63, 3.8) is 0 Å². The molecule has 1 aromatic rings. The average molecular weight is 287 g/mol. The summed E-state index contributed by atoms with van der Waals surface area (Å²) in [5, 5.41) is 3.39. The molecule has 0 bridgehead atoms. The van der Waals surface area contributed by atoms with Crippen molar-refractivity contribution in [1.82, 2.24) is 10.2 Å². The third-order valence-corrected chi connectivity index (χ3v) is 5.00. The zero-order valence-corrected chi connectivity index (χ0v) is 12.9. The molecule has 1 amide bonds. The normalized spacial score (nSPS) is 28.0. The third kappa shape index (κ3) is 2.83. The maximum Gasteiger partial charge on any atom is 0.240 e. The Bertz CT molecular complexity index is 541. The number of nitrogens with one attached hydrogen (secondary N) is 1. The highest BCUT2D eigenvalue weighted by molar-refractivity contribution is 5.82. The van der Waals surface area contributed by atoms with Crippen LogP contribution in [-0.4, -0.2) is 36.0 Å². The Kier molecular flexibility index (Phi) is 3.76. The van der Waals surface area contributed by atoms with E-state index in [2.05, 4.69) is 43.4 Å². The Morgan fingerprint density at radius 3 is 2.76 bits per heavy atom. The van der Waals surface area contributed by atoms with E-state index in [0.717, 1.165) is 32.5 Å². The van der Waals surface area contributed by atoms with Gasteiger partial charge in [-0.2, -0.15) is 0 Å². The summed E-state index contributed by atoms with van der Waals surface area (Å²) in [6, 6.07) is 8.46. The molecule has 3 N–H and O–H groups in total. The lowest BCUT2D eigenvalue weighted by Crippen LogP contribution is -2.58. The minimum atomic E-state index is -0.0926. The monoisotopic (exact) mass is 287 g/mol. The fourth-order valence-electron chi connectivity index (χ4n) is 3.41. The Labute approximate surface area is 126 Å². The van der Waals surface area contributed by atoms with Gasteiger partial charge in [-0.1, -0.05) is 38.1 Å². The number of likely N-dealkylation sites (tertiary alicyclic amines) is 1. The third-order valence-electron chi connectivity index (χ3n) is 5.00. The van der Waals surface area contributed by atoms with Crippen molar-refractivity contribution >= 4 is 5.91 Å². The molecular weight excluding hydrogens is 262 g/mol. The van der Waals surface area contributed by atoms with Crippen LogP contribution in [0.1, 0.15) is 31.4 Å². The first-order valence-corrected chi connectivity index (χ1v) is 7.82.